The Kier molecular flexibility index (Phi) is 5.57. The maximum Gasteiger partial charge on any atom is 0.326 e. The molecule has 1 atom stereocenters. The van der Waals surface area contributed by atoms with Crippen LogP contribution in [0.25, 0.3) is 0 Å². The second kappa shape index (κ2) is 7.43. The number of rotatable bonds is 5. The lowest BCUT2D eigenvalue weighted by Gasteiger charge is -2.14. The molecule has 0 radical (unpaired) electrons. The third-order valence-corrected chi connectivity index (χ3v) is 4.19. The fourth-order valence-electron chi connectivity index (χ4n) is 1.79. The first-order valence-electron chi connectivity index (χ1n) is 6.77. The maximum absolute atomic E-state index is 12.0. The first-order valence-corrected chi connectivity index (χ1v) is 8.03. The molecule has 0 spiro atoms. The SMILES string of the molecule is Cc1csc(=O)n1CC(=O)OC(C)C(=O)Nc1ccc(Cl)cc1. The molecule has 0 fully saturated rings. The summed E-state index contributed by atoms with van der Waals surface area (Å²) in [7, 11) is 0. The number of benzene rings is 1. The van der Waals surface area contributed by atoms with Crippen molar-refractivity contribution in [2.24, 2.45) is 0 Å². The first kappa shape index (κ1) is 17.2. The number of nitrogens with one attached hydrogen (secondary N) is 1. The highest BCUT2D eigenvalue weighted by atomic mass is 35.5. The summed E-state index contributed by atoms with van der Waals surface area (Å²) >= 11 is 6.77. The summed E-state index contributed by atoms with van der Waals surface area (Å²) in [5, 5.41) is 4.83. The van der Waals surface area contributed by atoms with E-state index >= 15 is 0 Å². The van der Waals surface area contributed by atoms with Crippen molar-refractivity contribution >= 4 is 40.5 Å². The molecule has 1 N–H and O–H groups in total. The number of aryl methyl sites for hydroxylation is 1. The van der Waals surface area contributed by atoms with Gasteiger partial charge >= 0.3 is 10.8 Å². The van der Waals surface area contributed by atoms with Gasteiger partial charge in [0.15, 0.2) is 6.10 Å². The molecule has 0 saturated heterocycles. The molecule has 8 heteroatoms. The number of ether oxygens (including phenoxy) is 1. The number of hydrogen-bond acceptors (Lipinski definition) is 5. The summed E-state index contributed by atoms with van der Waals surface area (Å²) in [4.78, 5) is 35.1. The quantitative estimate of drug-likeness (QED) is 0.836. The molecule has 23 heavy (non-hydrogen) atoms. The van der Waals surface area contributed by atoms with Gasteiger partial charge in [-0.05, 0) is 38.1 Å². The number of carbonyl (C=O) groups excluding carboxylic acids is 2. The van der Waals surface area contributed by atoms with Gasteiger partial charge in [0.25, 0.3) is 5.91 Å². The van der Waals surface area contributed by atoms with E-state index in [1.54, 1.807) is 36.6 Å². The van der Waals surface area contributed by atoms with Crippen molar-refractivity contribution in [3.8, 4) is 0 Å². The minimum atomic E-state index is -0.979. The zero-order chi connectivity index (χ0) is 17.0. The highest BCUT2D eigenvalue weighted by Crippen LogP contribution is 2.14. The van der Waals surface area contributed by atoms with Crippen LogP contribution in [-0.2, 0) is 20.9 Å². The Hall–Kier alpha value is -2.12. The van der Waals surface area contributed by atoms with Crippen molar-refractivity contribution in [2.45, 2.75) is 26.5 Å². The highest BCUT2D eigenvalue weighted by molar-refractivity contribution is 7.07. The third-order valence-electron chi connectivity index (χ3n) is 3.05. The van der Waals surface area contributed by atoms with E-state index in [0.29, 0.717) is 16.4 Å². The summed E-state index contributed by atoms with van der Waals surface area (Å²) in [5.41, 5.74) is 1.22. The Balaban J connectivity index is 1.91. The number of aromatic nitrogens is 1. The fraction of sp³-hybridized carbons (Fsp3) is 0.267. The maximum atomic E-state index is 12.0. The third kappa shape index (κ3) is 4.67. The Bertz CT molecular complexity index is 767. The van der Waals surface area contributed by atoms with Crippen LogP contribution in [0.3, 0.4) is 0 Å². The lowest BCUT2D eigenvalue weighted by molar-refractivity contribution is -0.153. The number of carbonyl (C=O) groups is 2. The average Bonchev–Trinajstić information content (AvgIpc) is 2.81. The number of esters is 1. The lowest BCUT2D eigenvalue weighted by Crippen LogP contribution is -2.32. The van der Waals surface area contributed by atoms with Gasteiger partial charge in [0.1, 0.15) is 6.54 Å². The van der Waals surface area contributed by atoms with Crippen LogP contribution in [0.2, 0.25) is 5.02 Å². The zero-order valence-electron chi connectivity index (χ0n) is 12.5. The summed E-state index contributed by atoms with van der Waals surface area (Å²) in [6, 6.07) is 6.56. The van der Waals surface area contributed by atoms with Crippen molar-refractivity contribution in [3.05, 3.63) is 50.0 Å². The molecule has 122 valence electrons. The van der Waals surface area contributed by atoms with Gasteiger partial charge in [-0.2, -0.15) is 0 Å². The van der Waals surface area contributed by atoms with Crippen LogP contribution in [0.1, 0.15) is 12.6 Å². The predicted octanol–water partition coefficient (Wildman–Crippen LogP) is 2.44. The minimum absolute atomic E-state index is 0.216. The number of nitrogens with zero attached hydrogens (tertiary/aromatic N) is 1. The molecule has 0 bridgehead atoms. The summed E-state index contributed by atoms with van der Waals surface area (Å²) in [5.74, 6) is -1.11. The first-order chi connectivity index (χ1) is 10.9. The van der Waals surface area contributed by atoms with Gasteiger partial charge < -0.3 is 10.1 Å². The van der Waals surface area contributed by atoms with E-state index in [4.69, 9.17) is 16.3 Å². The van der Waals surface area contributed by atoms with Crippen LogP contribution in [0.4, 0.5) is 5.69 Å². The van der Waals surface area contributed by atoms with E-state index in [2.05, 4.69) is 5.32 Å². The van der Waals surface area contributed by atoms with E-state index in [9.17, 15) is 14.4 Å². The topological polar surface area (TPSA) is 77.4 Å². The fourth-order valence-corrected chi connectivity index (χ4v) is 2.65. The van der Waals surface area contributed by atoms with Crippen molar-refractivity contribution in [1.82, 2.24) is 4.57 Å². The van der Waals surface area contributed by atoms with Crippen molar-refractivity contribution in [3.63, 3.8) is 0 Å². The van der Waals surface area contributed by atoms with Crippen LogP contribution in [0.15, 0.2) is 34.4 Å². The van der Waals surface area contributed by atoms with Gasteiger partial charge in [-0.15, -0.1) is 0 Å². The minimum Gasteiger partial charge on any atom is -0.451 e. The monoisotopic (exact) mass is 354 g/mol. The molecular formula is C15H15ClN2O4S. The average molecular weight is 355 g/mol. The zero-order valence-corrected chi connectivity index (χ0v) is 14.1. The summed E-state index contributed by atoms with van der Waals surface area (Å²) in [6.45, 7) is 2.97. The summed E-state index contributed by atoms with van der Waals surface area (Å²) in [6.07, 6.45) is -0.979. The standard InChI is InChI=1S/C15H15ClN2O4S/c1-9-8-23-15(21)18(9)7-13(19)22-10(2)14(20)17-12-5-3-11(16)4-6-12/h3-6,8,10H,7H2,1-2H3,(H,17,20). The van der Waals surface area contributed by atoms with Crippen LogP contribution in [-0.4, -0.2) is 22.5 Å². The van der Waals surface area contributed by atoms with Crippen LogP contribution >= 0.6 is 22.9 Å². The molecule has 1 heterocycles. The Labute approximate surface area is 141 Å². The van der Waals surface area contributed by atoms with E-state index in [-0.39, 0.29) is 11.4 Å². The number of thiazole rings is 1. The molecule has 2 aromatic rings. The molecule has 6 nitrogen and oxygen atoms in total. The molecule has 1 aromatic heterocycles. The Morgan fingerprint density at radius 3 is 2.57 bits per heavy atom. The molecule has 1 aromatic carbocycles. The van der Waals surface area contributed by atoms with Crippen LogP contribution in [0.5, 0.6) is 0 Å². The van der Waals surface area contributed by atoms with E-state index < -0.39 is 18.0 Å². The number of amides is 1. The Morgan fingerprint density at radius 2 is 2.00 bits per heavy atom. The van der Waals surface area contributed by atoms with Crippen LogP contribution < -0.4 is 10.2 Å². The van der Waals surface area contributed by atoms with Gasteiger partial charge in [0.2, 0.25) is 0 Å². The summed E-state index contributed by atoms with van der Waals surface area (Å²) < 4.78 is 6.36. The number of hydrogen-bond donors (Lipinski definition) is 1. The second-order valence-corrected chi connectivity index (χ2v) is 6.11. The van der Waals surface area contributed by atoms with Crippen LogP contribution in [0, 0.1) is 6.92 Å². The van der Waals surface area contributed by atoms with Crippen molar-refractivity contribution < 1.29 is 14.3 Å². The van der Waals surface area contributed by atoms with Crippen molar-refractivity contribution in [2.75, 3.05) is 5.32 Å². The second-order valence-electron chi connectivity index (χ2n) is 4.86. The molecule has 0 saturated carbocycles. The molecule has 0 aliphatic rings. The van der Waals surface area contributed by atoms with Gasteiger partial charge in [-0.3, -0.25) is 19.0 Å². The largest absolute Gasteiger partial charge is 0.451 e. The Morgan fingerprint density at radius 1 is 1.35 bits per heavy atom. The number of anilines is 1. The smallest absolute Gasteiger partial charge is 0.326 e. The van der Waals surface area contributed by atoms with Crippen molar-refractivity contribution in [1.29, 1.82) is 0 Å². The highest BCUT2D eigenvalue weighted by Gasteiger charge is 2.19. The van der Waals surface area contributed by atoms with E-state index in [0.717, 1.165) is 11.3 Å². The molecule has 2 rings (SSSR count). The molecule has 0 aliphatic heterocycles. The molecule has 1 unspecified atom stereocenters. The molecule has 0 aliphatic carbocycles. The lowest BCUT2D eigenvalue weighted by atomic mass is 10.3. The molecule has 1 amide bonds. The van der Waals surface area contributed by atoms with Gasteiger partial charge in [-0.25, -0.2) is 0 Å². The van der Waals surface area contributed by atoms with E-state index in [1.165, 1.54) is 11.5 Å². The predicted molar refractivity (Wildman–Crippen MR) is 89.0 cm³/mol. The van der Waals surface area contributed by atoms with Gasteiger partial charge in [-0.1, -0.05) is 22.9 Å². The van der Waals surface area contributed by atoms with Gasteiger partial charge in [0, 0.05) is 21.8 Å². The molecular weight excluding hydrogens is 340 g/mol. The van der Waals surface area contributed by atoms with E-state index in [1.807, 2.05) is 0 Å². The number of halogens is 1. The van der Waals surface area contributed by atoms with Gasteiger partial charge in [0.05, 0.1) is 0 Å². The normalized spacial score (nSPS) is 11.8.